The Kier molecular flexibility index (Phi) is 6.28. The van der Waals surface area contributed by atoms with E-state index >= 15 is 0 Å². The third-order valence-corrected chi connectivity index (χ3v) is 6.73. The fourth-order valence-electron chi connectivity index (χ4n) is 3.67. The van der Waals surface area contributed by atoms with Crippen molar-refractivity contribution in [3.8, 4) is 5.69 Å². The second kappa shape index (κ2) is 9.48. The Bertz CT molecular complexity index is 1130. The van der Waals surface area contributed by atoms with Gasteiger partial charge in [-0.2, -0.15) is 0 Å². The summed E-state index contributed by atoms with van der Waals surface area (Å²) >= 11 is 1.21. The summed E-state index contributed by atoms with van der Waals surface area (Å²) in [4.78, 5) is 15.2. The van der Waals surface area contributed by atoms with Gasteiger partial charge in [0.25, 0.3) is 0 Å². The summed E-state index contributed by atoms with van der Waals surface area (Å²) in [5.74, 6) is -0.364. The summed E-state index contributed by atoms with van der Waals surface area (Å²) in [7, 11) is 0. The number of aromatic nitrogens is 3. The lowest BCUT2D eigenvalue weighted by Crippen LogP contribution is -2.38. The zero-order valence-corrected chi connectivity index (χ0v) is 18.6. The van der Waals surface area contributed by atoms with E-state index in [1.807, 2.05) is 4.90 Å². The molecule has 2 heterocycles. The van der Waals surface area contributed by atoms with Crippen molar-refractivity contribution >= 4 is 23.6 Å². The lowest BCUT2D eigenvalue weighted by molar-refractivity contribution is -0.120. The van der Waals surface area contributed by atoms with E-state index in [0.717, 1.165) is 12.8 Å². The van der Waals surface area contributed by atoms with E-state index in [9.17, 15) is 13.6 Å². The molecule has 1 amide bonds. The van der Waals surface area contributed by atoms with Gasteiger partial charge in [-0.1, -0.05) is 30.0 Å². The molecule has 2 fully saturated rings. The molecule has 0 spiro atoms. The molecule has 2 aliphatic rings. The van der Waals surface area contributed by atoms with Crippen LogP contribution in [0.25, 0.3) is 5.69 Å². The molecule has 0 radical (unpaired) electrons. The van der Waals surface area contributed by atoms with E-state index in [1.165, 1.54) is 36.0 Å². The topological polar surface area (TPSA) is 72.3 Å². The van der Waals surface area contributed by atoms with Crippen LogP contribution in [0, 0.1) is 11.6 Å². The third-order valence-electron chi connectivity index (χ3n) is 5.53. The van der Waals surface area contributed by atoms with Crippen LogP contribution in [0.3, 0.4) is 0 Å². The molecule has 1 unspecified atom stereocenters. The van der Waals surface area contributed by atoms with E-state index in [2.05, 4.69) is 15.5 Å². The average Bonchev–Trinajstić information content (AvgIpc) is 3.54. The average molecular weight is 472 g/mol. The minimum atomic E-state index is -0.666. The maximum atomic E-state index is 14.1. The highest BCUT2D eigenvalue weighted by molar-refractivity contribution is 8.00. The Balaban J connectivity index is 1.53. The Morgan fingerprint density at radius 1 is 1.06 bits per heavy atom. The summed E-state index contributed by atoms with van der Waals surface area (Å²) in [6.07, 6.45) is 1.90. The maximum Gasteiger partial charge on any atom is 0.238 e. The zero-order valence-electron chi connectivity index (χ0n) is 17.8. The van der Waals surface area contributed by atoms with Gasteiger partial charge in [0.15, 0.2) is 5.16 Å². The van der Waals surface area contributed by atoms with E-state index < -0.39 is 5.25 Å². The molecule has 1 saturated carbocycles. The number of nitrogens with one attached hydrogen (secondary N) is 1. The quantitative estimate of drug-likeness (QED) is 0.532. The van der Waals surface area contributed by atoms with Crippen molar-refractivity contribution in [1.29, 1.82) is 0 Å². The summed E-state index contributed by atoms with van der Waals surface area (Å²) < 4.78 is 34.9. The molecule has 0 bridgehead atoms. The molecule has 2 aromatic carbocycles. The number of amides is 1. The van der Waals surface area contributed by atoms with Crippen LogP contribution in [0.2, 0.25) is 0 Å². The van der Waals surface area contributed by atoms with Crippen molar-refractivity contribution in [3.63, 3.8) is 0 Å². The van der Waals surface area contributed by atoms with Gasteiger partial charge >= 0.3 is 0 Å². The van der Waals surface area contributed by atoms with Crippen LogP contribution in [0.4, 0.5) is 14.7 Å². The summed E-state index contributed by atoms with van der Waals surface area (Å²) in [6, 6.07) is 12.2. The summed E-state index contributed by atoms with van der Waals surface area (Å²) in [6.45, 7) is 2.37. The van der Waals surface area contributed by atoms with Crippen LogP contribution in [0.1, 0.15) is 23.7 Å². The number of anilines is 1. The Hall–Kier alpha value is -2.98. The highest BCUT2D eigenvalue weighted by Gasteiger charge is 2.32. The van der Waals surface area contributed by atoms with Crippen molar-refractivity contribution < 1.29 is 18.3 Å². The standard InChI is InChI=1S/C23H23F2N5O2S/c24-16-6-4-15(5-7-16)20(21(31)26-18-8-9-18)33-23-28-27-22(29-10-12-32-13-11-29)30(23)19-3-1-2-17(25)14-19/h1-7,14,18,20H,8-13H2,(H,26,31). The summed E-state index contributed by atoms with van der Waals surface area (Å²) in [5.41, 5.74) is 1.21. The second-order valence-electron chi connectivity index (χ2n) is 8.03. The number of hydrogen-bond donors (Lipinski definition) is 1. The largest absolute Gasteiger partial charge is 0.378 e. The molecular formula is C23H23F2N5O2S. The van der Waals surface area contributed by atoms with Gasteiger partial charge in [-0.25, -0.2) is 8.78 Å². The van der Waals surface area contributed by atoms with Gasteiger partial charge in [-0.05, 0) is 48.7 Å². The molecule has 5 rings (SSSR count). The number of carbonyl (C=O) groups excluding carboxylic acids is 1. The Morgan fingerprint density at radius 2 is 1.82 bits per heavy atom. The first-order valence-corrected chi connectivity index (χ1v) is 11.7. The van der Waals surface area contributed by atoms with Crippen LogP contribution in [0.15, 0.2) is 53.7 Å². The van der Waals surface area contributed by atoms with Crippen molar-refractivity contribution in [2.24, 2.45) is 0 Å². The number of benzene rings is 2. The first-order valence-electron chi connectivity index (χ1n) is 10.8. The van der Waals surface area contributed by atoms with Gasteiger partial charge in [-0.15, -0.1) is 10.2 Å². The molecule has 1 atom stereocenters. The van der Waals surface area contributed by atoms with Gasteiger partial charge in [-0.3, -0.25) is 9.36 Å². The summed E-state index contributed by atoms with van der Waals surface area (Å²) in [5, 5.41) is 11.6. The highest BCUT2D eigenvalue weighted by atomic mass is 32.2. The minimum Gasteiger partial charge on any atom is -0.378 e. The predicted octanol–water partition coefficient (Wildman–Crippen LogP) is 3.49. The number of ether oxygens (including phenoxy) is 1. The molecule has 7 nitrogen and oxygen atoms in total. The smallest absolute Gasteiger partial charge is 0.238 e. The van der Waals surface area contributed by atoms with E-state index in [1.54, 1.807) is 28.8 Å². The molecular weight excluding hydrogens is 448 g/mol. The van der Waals surface area contributed by atoms with E-state index in [4.69, 9.17) is 4.74 Å². The molecule has 1 aliphatic carbocycles. The van der Waals surface area contributed by atoms with Crippen molar-refractivity contribution in [2.75, 3.05) is 31.2 Å². The van der Waals surface area contributed by atoms with Gasteiger partial charge in [0.2, 0.25) is 11.9 Å². The number of hydrogen-bond acceptors (Lipinski definition) is 6. The third kappa shape index (κ3) is 5.01. The zero-order chi connectivity index (χ0) is 22.8. The molecule has 3 aromatic rings. The molecule has 1 aliphatic heterocycles. The van der Waals surface area contributed by atoms with Gasteiger partial charge < -0.3 is 15.0 Å². The fourth-order valence-corrected chi connectivity index (χ4v) is 4.73. The van der Waals surface area contributed by atoms with Crippen molar-refractivity contribution in [2.45, 2.75) is 29.3 Å². The number of morpholine rings is 1. The number of nitrogens with zero attached hydrogens (tertiary/aromatic N) is 4. The molecule has 10 heteroatoms. The fraction of sp³-hybridized carbons (Fsp3) is 0.348. The molecule has 172 valence electrons. The Labute approximate surface area is 194 Å². The lowest BCUT2D eigenvalue weighted by Gasteiger charge is -2.28. The van der Waals surface area contributed by atoms with Crippen LogP contribution in [-0.4, -0.2) is 53.0 Å². The number of rotatable bonds is 7. The molecule has 1 saturated heterocycles. The minimum absolute atomic E-state index is 0.171. The number of halogens is 2. The lowest BCUT2D eigenvalue weighted by atomic mass is 10.1. The van der Waals surface area contributed by atoms with Crippen LogP contribution >= 0.6 is 11.8 Å². The van der Waals surface area contributed by atoms with Crippen molar-refractivity contribution in [1.82, 2.24) is 20.1 Å². The van der Waals surface area contributed by atoms with Crippen molar-refractivity contribution in [3.05, 3.63) is 65.7 Å². The van der Waals surface area contributed by atoms with Gasteiger partial charge in [0, 0.05) is 19.1 Å². The van der Waals surface area contributed by atoms with Gasteiger partial charge in [0.1, 0.15) is 16.9 Å². The van der Waals surface area contributed by atoms with Crippen LogP contribution in [-0.2, 0) is 9.53 Å². The molecule has 1 aromatic heterocycles. The van der Waals surface area contributed by atoms with E-state index in [0.29, 0.717) is 48.7 Å². The number of carbonyl (C=O) groups is 1. The predicted molar refractivity (Wildman–Crippen MR) is 121 cm³/mol. The van der Waals surface area contributed by atoms with Crippen LogP contribution in [0.5, 0.6) is 0 Å². The molecule has 33 heavy (non-hydrogen) atoms. The first-order chi connectivity index (χ1) is 16.1. The SMILES string of the molecule is O=C(NC1CC1)C(Sc1nnc(N2CCOCC2)n1-c1cccc(F)c1)c1ccc(F)cc1. The van der Waals surface area contributed by atoms with Gasteiger partial charge in [0.05, 0.1) is 18.9 Å². The monoisotopic (exact) mass is 471 g/mol. The first kappa shape index (κ1) is 21.8. The molecule has 1 N–H and O–H groups in total. The van der Waals surface area contributed by atoms with Crippen LogP contribution < -0.4 is 10.2 Å². The second-order valence-corrected chi connectivity index (χ2v) is 9.10. The normalized spacial score (nSPS) is 17.1. The maximum absolute atomic E-state index is 14.1. The highest BCUT2D eigenvalue weighted by Crippen LogP contribution is 2.38. The Morgan fingerprint density at radius 3 is 2.52 bits per heavy atom. The number of thioether (sulfide) groups is 1. The van der Waals surface area contributed by atoms with E-state index in [-0.39, 0.29) is 23.6 Å².